The molecule has 0 aliphatic carbocycles. The lowest BCUT2D eigenvalue weighted by Crippen LogP contribution is -2.53. The summed E-state index contributed by atoms with van der Waals surface area (Å²) >= 11 is 0. The number of aryl methyl sites for hydroxylation is 3. The molecule has 114 valence electrons. The van der Waals surface area contributed by atoms with Crippen LogP contribution < -0.4 is 11.1 Å². The Kier molecular flexibility index (Phi) is 6.13. The molecule has 6 heteroatoms. The maximum Gasteiger partial charge on any atom is 0.237 e. The van der Waals surface area contributed by atoms with Gasteiger partial charge in [-0.3, -0.25) is 4.79 Å². The number of rotatable bonds is 9. The van der Waals surface area contributed by atoms with Gasteiger partial charge in [0.25, 0.3) is 0 Å². The summed E-state index contributed by atoms with van der Waals surface area (Å²) in [6, 6.07) is 0. The molecule has 6 nitrogen and oxygen atoms in total. The molecule has 1 amide bonds. The molecular formula is C14H27N5O. The van der Waals surface area contributed by atoms with Gasteiger partial charge in [0.2, 0.25) is 5.91 Å². The second-order valence-electron chi connectivity index (χ2n) is 5.25. The first-order valence-corrected chi connectivity index (χ1v) is 7.44. The van der Waals surface area contributed by atoms with Gasteiger partial charge in [-0.05, 0) is 26.3 Å². The average molecular weight is 281 g/mol. The van der Waals surface area contributed by atoms with Crippen molar-refractivity contribution < 1.29 is 4.79 Å². The summed E-state index contributed by atoms with van der Waals surface area (Å²) in [6.45, 7) is 9.44. The van der Waals surface area contributed by atoms with Gasteiger partial charge in [-0.25, -0.2) is 9.67 Å². The third kappa shape index (κ3) is 4.03. The van der Waals surface area contributed by atoms with Gasteiger partial charge in [0.1, 0.15) is 5.82 Å². The number of nitrogens with zero attached hydrogens (tertiary/aromatic N) is 3. The zero-order chi connectivity index (χ0) is 15.2. The number of primary amides is 1. The molecule has 3 N–H and O–H groups in total. The molecule has 1 aromatic heterocycles. The summed E-state index contributed by atoms with van der Waals surface area (Å²) in [5, 5.41) is 7.71. The predicted octanol–water partition coefficient (Wildman–Crippen LogP) is 1.04. The molecular weight excluding hydrogens is 254 g/mol. The van der Waals surface area contributed by atoms with Crippen LogP contribution in [0.5, 0.6) is 0 Å². The first kappa shape index (κ1) is 16.6. The number of nitrogens with one attached hydrogen (secondary N) is 1. The highest BCUT2D eigenvalue weighted by Gasteiger charge is 2.30. The van der Waals surface area contributed by atoms with E-state index in [4.69, 9.17) is 5.73 Å². The van der Waals surface area contributed by atoms with Gasteiger partial charge in [0.05, 0.1) is 5.54 Å². The fraction of sp³-hybridized carbons (Fsp3) is 0.786. The Morgan fingerprint density at radius 2 is 2.05 bits per heavy atom. The minimum Gasteiger partial charge on any atom is -0.368 e. The summed E-state index contributed by atoms with van der Waals surface area (Å²) in [5.74, 6) is 1.49. The van der Waals surface area contributed by atoms with Crippen LogP contribution in [0.3, 0.4) is 0 Å². The van der Waals surface area contributed by atoms with Gasteiger partial charge in [0, 0.05) is 19.4 Å². The van der Waals surface area contributed by atoms with E-state index in [-0.39, 0.29) is 5.91 Å². The van der Waals surface area contributed by atoms with E-state index in [2.05, 4.69) is 29.2 Å². The zero-order valence-corrected chi connectivity index (χ0v) is 13.1. The van der Waals surface area contributed by atoms with E-state index in [9.17, 15) is 4.79 Å². The van der Waals surface area contributed by atoms with Crippen molar-refractivity contribution in [3.63, 3.8) is 0 Å². The van der Waals surface area contributed by atoms with Gasteiger partial charge in [-0.15, -0.1) is 0 Å². The van der Waals surface area contributed by atoms with Crippen LogP contribution >= 0.6 is 0 Å². The van der Waals surface area contributed by atoms with Crippen LogP contribution in [0.2, 0.25) is 0 Å². The van der Waals surface area contributed by atoms with Crippen LogP contribution in [0.25, 0.3) is 0 Å². The Bertz CT molecular complexity index is 443. The number of hydrogen-bond donors (Lipinski definition) is 2. The zero-order valence-electron chi connectivity index (χ0n) is 13.1. The van der Waals surface area contributed by atoms with E-state index in [1.807, 2.05) is 18.5 Å². The molecule has 0 aliphatic heterocycles. The van der Waals surface area contributed by atoms with Gasteiger partial charge in [-0.2, -0.15) is 5.10 Å². The number of carbonyl (C=O) groups is 1. The third-order valence-corrected chi connectivity index (χ3v) is 3.56. The third-order valence-electron chi connectivity index (χ3n) is 3.56. The number of amides is 1. The van der Waals surface area contributed by atoms with E-state index < -0.39 is 5.54 Å². The van der Waals surface area contributed by atoms with Crippen LogP contribution in [0.4, 0.5) is 0 Å². The lowest BCUT2D eigenvalue weighted by molar-refractivity contribution is -0.124. The maximum absolute atomic E-state index is 11.7. The molecule has 0 radical (unpaired) electrons. The average Bonchev–Trinajstić information content (AvgIpc) is 2.85. The molecule has 0 spiro atoms. The molecule has 1 aromatic rings. The largest absolute Gasteiger partial charge is 0.368 e. The lowest BCUT2D eigenvalue weighted by Gasteiger charge is -2.27. The van der Waals surface area contributed by atoms with E-state index in [0.29, 0.717) is 13.0 Å². The smallest absolute Gasteiger partial charge is 0.237 e. The lowest BCUT2D eigenvalue weighted by atomic mass is 9.96. The highest BCUT2D eigenvalue weighted by atomic mass is 16.1. The van der Waals surface area contributed by atoms with E-state index >= 15 is 0 Å². The normalized spacial score (nSPS) is 14.2. The standard InChI is InChI=1S/C14H27N5O/c1-5-9-16-14(4,13(15)20)8-10-19-12(7-3)17-11(6-2)18-19/h16H,5-10H2,1-4H3,(H2,15,20). The van der Waals surface area contributed by atoms with Crippen LogP contribution in [-0.2, 0) is 24.2 Å². The summed E-state index contributed by atoms with van der Waals surface area (Å²) < 4.78 is 1.90. The first-order chi connectivity index (χ1) is 9.46. The number of aromatic nitrogens is 3. The molecule has 1 atom stereocenters. The van der Waals surface area contributed by atoms with Gasteiger partial charge >= 0.3 is 0 Å². The van der Waals surface area contributed by atoms with Crippen molar-refractivity contribution in [2.45, 2.75) is 65.5 Å². The van der Waals surface area contributed by atoms with E-state index in [1.54, 1.807) is 0 Å². The summed E-state index contributed by atoms with van der Waals surface area (Å²) in [4.78, 5) is 16.1. The van der Waals surface area contributed by atoms with Gasteiger partial charge in [-0.1, -0.05) is 20.8 Å². The minimum atomic E-state index is -0.695. The Hall–Kier alpha value is -1.43. The second kappa shape index (κ2) is 7.38. The quantitative estimate of drug-likeness (QED) is 0.708. The van der Waals surface area contributed by atoms with Crippen LogP contribution in [-0.4, -0.2) is 32.8 Å². The summed E-state index contributed by atoms with van der Waals surface area (Å²) in [5.41, 5.74) is 4.84. The highest BCUT2D eigenvalue weighted by molar-refractivity contribution is 5.84. The highest BCUT2D eigenvalue weighted by Crippen LogP contribution is 2.12. The van der Waals surface area contributed by atoms with Crippen molar-refractivity contribution in [1.29, 1.82) is 0 Å². The van der Waals surface area contributed by atoms with Crippen molar-refractivity contribution in [2.24, 2.45) is 5.73 Å². The Morgan fingerprint density at radius 3 is 2.55 bits per heavy atom. The number of nitrogens with two attached hydrogens (primary N) is 1. The summed E-state index contributed by atoms with van der Waals surface area (Å²) in [6.07, 6.45) is 3.23. The van der Waals surface area contributed by atoms with Crippen LogP contribution in [0.1, 0.15) is 52.2 Å². The monoisotopic (exact) mass is 281 g/mol. The second-order valence-corrected chi connectivity index (χ2v) is 5.25. The Balaban J connectivity index is 2.76. The van der Waals surface area contributed by atoms with Crippen LogP contribution in [0.15, 0.2) is 0 Å². The van der Waals surface area contributed by atoms with Crippen LogP contribution in [0, 0.1) is 0 Å². The van der Waals surface area contributed by atoms with Gasteiger partial charge in [0.15, 0.2) is 5.82 Å². The van der Waals surface area contributed by atoms with Crippen molar-refractivity contribution in [2.75, 3.05) is 6.54 Å². The molecule has 1 heterocycles. The molecule has 0 fully saturated rings. The Labute approximate surface area is 121 Å². The molecule has 0 aromatic carbocycles. The molecule has 1 rings (SSSR count). The molecule has 0 saturated carbocycles. The first-order valence-electron chi connectivity index (χ1n) is 7.44. The minimum absolute atomic E-state index is 0.320. The number of carbonyl (C=O) groups excluding carboxylic acids is 1. The van der Waals surface area contributed by atoms with Crippen molar-refractivity contribution in [1.82, 2.24) is 20.1 Å². The van der Waals surface area contributed by atoms with Gasteiger partial charge < -0.3 is 11.1 Å². The molecule has 0 aliphatic rings. The van der Waals surface area contributed by atoms with E-state index in [1.165, 1.54) is 0 Å². The summed E-state index contributed by atoms with van der Waals surface area (Å²) in [7, 11) is 0. The maximum atomic E-state index is 11.7. The SMILES string of the molecule is CCCNC(C)(CCn1nc(CC)nc1CC)C(N)=O. The van der Waals surface area contributed by atoms with Crippen molar-refractivity contribution >= 4 is 5.91 Å². The molecule has 20 heavy (non-hydrogen) atoms. The topological polar surface area (TPSA) is 85.8 Å². The Morgan fingerprint density at radius 1 is 1.35 bits per heavy atom. The molecule has 0 saturated heterocycles. The van der Waals surface area contributed by atoms with Crippen molar-refractivity contribution in [3.8, 4) is 0 Å². The molecule has 0 bridgehead atoms. The fourth-order valence-electron chi connectivity index (χ4n) is 2.05. The van der Waals surface area contributed by atoms with E-state index in [0.717, 1.165) is 37.5 Å². The number of hydrogen-bond acceptors (Lipinski definition) is 4. The predicted molar refractivity (Wildman–Crippen MR) is 79.3 cm³/mol. The fourth-order valence-corrected chi connectivity index (χ4v) is 2.05. The molecule has 1 unspecified atom stereocenters. The van der Waals surface area contributed by atoms with Crippen molar-refractivity contribution in [3.05, 3.63) is 11.6 Å².